The summed E-state index contributed by atoms with van der Waals surface area (Å²) in [5.41, 5.74) is -0.905. The number of hydrogen-bond acceptors (Lipinski definition) is 5. The summed E-state index contributed by atoms with van der Waals surface area (Å²) < 4.78 is 6.42. The molecule has 2 unspecified atom stereocenters. The number of amides is 3. The predicted molar refractivity (Wildman–Crippen MR) is 108 cm³/mol. The Labute approximate surface area is 176 Å². The van der Waals surface area contributed by atoms with Crippen LogP contribution in [0.5, 0.6) is 0 Å². The van der Waals surface area contributed by atoms with E-state index < -0.39 is 35.1 Å². The van der Waals surface area contributed by atoms with Gasteiger partial charge in [0.05, 0.1) is 30.1 Å². The summed E-state index contributed by atoms with van der Waals surface area (Å²) in [5, 5.41) is 15.4. The molecule has 162 valence electrons. The summed E-state index contributed by atoms with van der Waals surface area (Å²) in [6.45, 7) is 3.60. The summed E-state index contributed by atoms with van der Waals surface area (Å²) in [4.78, 5) is 41.1. The van der Waals surface area contributed by atoms with E-state index in [4.69, 9.17) is 4.74 Å². The summed E-state index contributed by atoms with van der Waals surface area (Å²) in [5.74, 6) is -2.27. The molecule has 0 aliphatic carbocycles. The molecule has 4 rings (SSSR count). The van der Waals surface area contributed by atoms with E-state index >= 15 is 0 Å². The van der Waals surface area contributed by atoms with Gasteiger partial charge >= 0.3 is 0 Å². The number of aliphatic hydroxyl groups excluding tert-OH is 1. The summed E-state index contributed by atoms with van der Waals surface area (Å²) >= 11 is 0. The molecule has 2 bridgehead atoms. The molecule has 3 aliphatic rings. The molecule has 1 aromatic rings. The third-order valence-corrected chi connectivity index (χ3v) is 7.04. The second-order valence-corrected chi connectivity index (χ2v) is 8.82. The van der Waals surface area contributed by atoms with Crippen molar-refractivity contribution in [2.24, 2.45) is 11.8 Å². The van der Waals surface area contributed by atoms with Crippen LogP contribution in [0.25, 0.3) is 0 Å². The maximum absolute atomic E-state index is 13.5. The second-order valence-electron chi connectivity index (χ2n) is 8.82. The molecule has 30 heavy (non-hydrogen) atoms. The molecule has 6 atom stereocenters. The zero-order chi connectivity index (χ0) is 21.7. The minimum Gasteiger partial charge on any atom is -0.394 e. The standard InChI is InChI=1S/C22H29N3O5/c1-13(12-26)25-17(19(28)24-11-14-7-5-4-6-8-14)22-10-9-21(2,30-22)15(18(27)23-3)16(22)20(25)29/h4-8,13,15-17,26H,9-12H2,1-3H3,(H,23,27)(H,24,28)/t13-,15+,16+,17?,21-,22?/m1/s1. The lowest BCUT2D eigenvalue weighted by Gasteiger charge is -2.35. The van der Waals surface area contributed by atoms with Crippen LogP contribution in [-0.4, -0.2) is 64.7 Å². The molecule has 0 saturated carbocycles. The fraction of sp³-hybridized carbons (Fsp3) is 0.591. The number of rotatable bonds is 6. The Morgan fingerprint density at radius 2 is 1.97 bits per heavy atom. The number of carbonyl (C=O) groups excluding carboxylic acids is 3. The molecule has 1 aromatic carbocycles. The number of aliphatic hydroxyl groups is 1. The van der Waals surface area contributed by atoms with Crippen LogP contribution in [0.3, 0.4) is 0 Å². The first-order valence-electron chi connectivity index (χ1n) is 10.5. The maximum Gasteiger partial charge on any atom is 0.246 e. The molecule has 8 nitrogen and oxygen atoms in total. The maximum atomic E-state index is 13.5. The highest BCUT2D eigenvalue weighted by Crippen LogP contribution is 2.63. The molecule has 0 radical (unpaired) electrons. The summed E-state index contributed by atoms with van der Waals surface area (Å²) in [6, 6.07) is 8.06. The normalized spacial score (nSPS) is 35.3. The number of ether oxygens (including phenoxy) is 1. The number of benzene rings is 1. The van der Waals surface area contributed by atoms with E-state index in [1.165, 1.54) is 4.90 Å². The van der Waals surface area contributed by atoms with E-state index in [1.807, 2.05) is 37.3 Å². The quantitative estimate of drug-likeness (QED) is 0.615. The van der Waals surface area contributed by atoms with Crippen LogP contribution in [0.1, 0.15) is 32.3 Å². The predicted octanol–water partition coefficient (Wildman–Crippen LogP) is 0.194. The van der Waals surface area contributed by atoms with Gasteiger partial charge in [-0.05, 0) is 32.3 Å². The molecule has 3 heterocycles. The monoisotopic (exact) mass is 415 g/mol. The first-order chi connectivity index (χ1) is 14.3. The Balaban J connectivity index is 1.69. The van der Waals surface area contributed by atoms with Crippen LogP contribution >= 0.6 is 0 Å². The van der Waals surface area contributed by atoms with Gasteiger partial charge < -0.3 is 25.4 Å². The highest BCUT2D eigenvalue weighted by molar-refractivity contribution is 5.99. The van der Waals surface area contributed by atoms with Gasteiger partial charge in [-0.2, -0.15) is 0 Å². The number of hydrogen-bond donors (Lipinski definition) is 3. The average molecular weight is 415 g/mol. The largest absolute Gasteiger partial charge is 0.394 e. The van der Waals surface area contributed by atoms with Gasteiger partial charge in [0.2, 0.25) is 17.7 Å². The summed E-state index contributed by atoms with van der Waals surface area (Å²) in [6.07, 6.45) is 1.12. The first-order valence-corrected chi connectivity index (χ1v) is 10.5. The Bertz CT molecular complexity index is 862. The second kappa shape index (κ2) is 7.35. The van der Waals surface area contributed by atoms with Gasteiger partial charge in [0.1, 0.15) is 11.6 Å². The number of carbonyl (C=O) groups is 3. The van der Waals surface area contributed by atoms with Gasteiger partial charge in [-0.25, -0.2) is 0 Å². The minimum absolute atomic E-state index is 0.251. The van der Waals surface area contributed by atoms with Crippen molar-refractivity contribution in [2.45, 2.75) is 56.5 Å². The zero-order valence-corrected chi connectivity index (χ0v) is 17.6. The SMILES string of the molecule is CNC(=O)[C@@H]1[C@H]2C(=O)N([C@H](C)CO)C(C(=O)NCc3ccccc3)C23CC[C@@]1(C)O3. The van der Waals surface area contributed by atoms with Crippen LogP contribution in [0.2, 0.25) is 0 Å². The van der Waals surface area contributed by atoms with Crippen molar-refractivity contribution in [3.05, 3.63) is 35.9 Å². The highest BCUT2D eigenvalue weighted by Gasteiger charge is 2.78. The van der Waals surface area contributed by atoms with Crippen LogP contribution in [0.15, 0.2) is 30.3 Å². The Hall–Kier alpha value is -2.45. The fourth-order valence-electron chi connectivity index (χ4n) is 5.66. The molecular formula is C22H29N3O5. The van der Waals surface area contributed by atoms with E-state index in [1.54, 1.807) is 14.0 Å². The van der Waals surface area contributed by atoms with E-state index in [0.717, 1.165) is 5.56 Å². The van der Waals surface area contributed by atoms with E-state index in [-0.39, 0.29) is 24.3 Å². The summed E-state index contributed by atoms with van der Waals surface area (Å²) in [7, 11) is 1.54. The molecule has 1 spiro atoms. The molecule has 3 saturated heterocycles. The Morgan fingerprint density at radius 3 is 2.60 bits per heavy atom. The molecule has 3 aliphatic heterocycles. The van der Waals surface area contributed by atoms with Crippen molar-refractivity contribution >= 4 is 17.7 Å². The molecule has 3 amide bonds. The van der Waals surface area contributed by atoms with Gasteiger partial charge in [-0.3, -0.25) is 14.4 Å². The average Bonchev–Trinajstić information content (AvgIpc) is 3.32. The lowest BCUT2D eigenvalue weighted by atomic mass is 9.66. The minimum atomic E-state index is -1.06. The number of fused-ring (bicyclic) bond motifs is 1. The van der Waals surface area contributed by atoms with Gasteiger partial charge in [-0.15, -0.1) is 0 Å². The van der Waals surface area contributed by atoms with Gasteiger partial charge in [0.15, 0.2) is 0 Å². The van der Waals surface area contributed by atoms with Crippen molar-refractivity contribution < 1.29 is 24.2 Å². The van der Waals surface area contributed by atoms with Crippen molar-refractivity contribution in [1.29, 1.82) is 0 Å². The van der Waals surface area contributed by atoms with Crippen LogP contribution < -0.4 is 10.6 Å². The lowest BCUT2D eigenvalue weighted by molar-refractivity contribution is -0.149. The molecule has 8 heteroatoms. The Morgan fingerprint density at radius 1 is 1.27 bits per heavy atom. The number of nitrogens with one attached hydrogen (secondary N) is 2. The number of likely N-dealkylation sites (tertiary alicyclic amines) is 1. The first kappa shape index (κ1) is 20.8. The number of nitrogens with zero attached hydrogens (tertiary/aromatic N) is 1. The third-order valence-electron chi connectivity index (χ3n) is 7.04. The van der Waals surface area contributed by atoms with Gasteiger partial charge in [0, 0.05) is 13.6 Å². The van der Waals surface area contributed by atoms with Crippen molar-refractivity contribution in [1.82, 2.24) is 15.5 Å². The zero-order valence-electron chi connectivity index (χ0n) is 17.6. The lowest BCUT2D eigenvalue weighted by Crippen LogP contribution is -2.57. The van der Waals surface area contributed by atoms with E-state index in [9.17, 15) is 19.5 Å². The fourth-order valence-corrected chi connectivity index (χ4v) is 5.66. The van der Waals surface area contributed by atoms with Crippen molar-refractivity contribution in [3.63, 3.8) is 0 Å². The Kier molecular flexibility index (Phi) is 5.10. The van der Waals surface area contributed by atoms with Gasteiger partial charge in [-0.1, -0.05) is 30.3 Å². The van der Waals surface area contributed by atoms with Crippen LogP contribution in [-0.2, 0) is 25.7 Å². The third kappa shape index (κ3) is 2.85. The highest BCUT2D eigenvalue weighted by atomic mass is 16.5. The van der Waals surface area contributed by atoms with Gasteiger partial charge in [0.25, 0.3) is 0 Å². The van der Waals surface area contributed by atoms with Crippen molar-refractivity contribution in [2.75, 3.05) is 13.7 Å². The van der Waals surface area contributed by atoms with Crippen LogP contribution in [0, 0.1) is 11.8 Å². The van der Waals surface area contributed by atoms with Crippen molar-refractivity contribution in [3.8, 4) is 0 Å². The van der Waals surface area contributed by atoms with E-state index in [2.05, 4.69) is 10.6 Å². The molecule has 3 fully saturated rings. The van der Waals surface area contributed by atoms with Crippen LogP contribution in [0.4, 0.5) is 0 Å². The molecule has 0 aromatic heterocycles. The molecular weight excluding hydrogens is 386 g/mol. The van der Waals surface area contributed by atoms with E-state index in [0.29, 0.717) is 19.4 Å². The molecule has 3 N–H and O–H groups in total. The topological polar surface area (TPSA) is 108 Å². The smallest absolute Gasteiger partial charge is 0.246 e.